The van der Waals surface area contributed by atoms with Crippen LogP contribution in [0.5, 0.6) is 5.75 Å². The number of rotatable bonds is 2. The van der Waals surface area contributed by atoms with E-state index in [2.05, 4.69) is 0 Å². The second-order valence-electron chi connectivity index (χ2n) is 2.68. The molecule has 0 aliphatic heterocycles. The number of hydrogen-bond acceptors (Lipinski definition) is 3. The first-order chi connectivity index (χ1) is 5.69. The molecule has 0 aliphatic rings. The van der Waals surface area contributed by atoms with E-state index in [-0.39, 0.29) is 0 Å². The Labute approximate surface area is 76.8 Å². The van der Waals surface area contributed by atoms with Crippen LogP contribution in [0.15, 0.2) is 17.0 Å². The fourth-order valence-electron chi connectivity index (χ4n) is 1.17. The van der Waals surface area contributed by atoms with Gasteiger partial charge >= 0.3 is 0 Å². The monoisotopic (exact) mass is 184 g/mol. The fourth-order valence-corrected chi connectivity index (χ4v) is 1.58. The number of benzene rings is 1. The van der Waals surface area contributed by atoms with Crippen molar-refractivity contribution in [2.45, 2.75) is 18.7 Å². The van der Waals surface area contributed by atoms with Gasteiger partial charge in [-0.15, -0.1) is 0 Å². The van der Waals surface area contributed by atoms with Crippen LogP contribution < -0.4 is 4.74 Å². The summed E-state index contributed by atoms with van der Waals surface area (Å²) in [5.74, 6) is 0.836. The molecule has 0 spiro atoms. The molecule has 1 aromatic rings. The van der Waals surface area contributed by atoms with Gasteiger partial charge < -0.3 is 9.29 Å². The Morgan fingerprint density at radius 3 is 2.08 bits per heavy atom. The van der Waals surface area contributed by atoms with Crippen molar-refractivity contribution in [3.05, 3.63) is 23.3 Å². The molecular weight excluding hydrogens is 172 g/mol. The lowest BCUT2D eigenvalue weighted by Crippen LogP contribution is -1.89. The molecule has 0 aromatic heterocycles. The minimum atomic E-state index is 0.786. The van der Waals surface area contributed by atoms with E-state index in [1.165, 1.54) is 0 Å². The SMILES string of the molecule is COc1cc(C)c(SO)c(C)c1. The van der Waals surface area contributed by atoms with Gasteiger partial charge in [0.15, 0.2) is 0 Å². The van der Waals surface area contributed by atoms with Gasteiger partial charge in [0.05, 0.1) is 7.11 Å². The molecular formula is C9H12O2S. The Hall–Kier alpha value is -0.670. The fraction of sp³-hybridized carbons (Fsp3) is 0.333. The summed E-state index contributed by atoms with van der Waals surface area (Å²) in [5, 5.41) is 0. The quantitative estimate of drug-likeness (QED) is 0.717. The van der Waals surface area contributed by atoms with E-state index >= 15 is 0 Å². The van der Waals surface area contributed by atoms with E-state index in [9.17, 15) is 0 Å². The Balaban J connectivity index is 3.18. The smallest absolute Gasteiger partial charge is 0.119 e. The highest BCUT2D eigenvalue weighted by molar-refractivity contribution is 7.93. The molecule has 2 nitrogen and oxygen atoms in total. The predicted octanol–water partition coefficient (Wildman–Crippen LogP) is 2.88. The predicted molar refractivity (Wildman–Crippen MR) is 51.0 cm³/mol. The average Bonchev–Trinajstić information content (AvgIpc) is 2.03. The zero-order valence-electron chi connectivity index (χ0n) is 7.42. The lowest BCUT2D eigenvalue weighted by Gasteiger charge is -2.08. The molecule has 0 saturated carbocycles. The highest BCUT2D eigenvalue weighted by Gasteiger charge is 2.04. The van der Waals surface area contributed by atoms with Crippen molar-refractivity contribution in [1.82, 2.24) is 0 Å². The first-order valence-electron chi connectivity index (χ1n) is 3.65. The van der Waals surface area contributed by atoms with Gasteiger partial charge in [-0.05, 0) is 37.1 Å². The van der Waals surface area contributed by atoms with Gasteiger partial charge in [-0.2, -0.15) is 0 Å². The molecule has 66 valence electrons. The second kappa shape index (κ2) is 3.83. The minimum absolute atomic E-state index is 0.786. The van der Waals surface area contributed by atoms with E-state index < -0.39 is 0 Å². The van der Waals surface area contributed by atoms with E-state index in [0.717, 1.165) is 33.8 Å². The van der Waals surface area contributed by atoms with Crippen LogP contribution in [0.25, 0.3) is 0 Å². The normalized spacial score (nSPS) is 10.0. The van der Waals surface area contributed by atoms with Crippen LogP contribution in [0, 0.1) is 13.8 Å². The molecule has 1 N–H and O–H groups in total. The zero-order chi connectivity index (χ0) is 9.14. The van der Waals surface area contributed by atoms with Gasteiger partial charge in [0, 0.05) is 16.9 Å². The summed E-state index contributed by atoms with van der Waals surface area (Å²) < 4.78 is 14.0. The van der Waals surface area contributed by atoms with Crippen LogP contribution in [0.1, 0.15) is 11.1 Å². The number of ether oxygens (including phenoxy) is 1. The first-order valence-corrected chi connectivity index (χ1v) is 4.43. The first kappa shape index (κ1) is 9.42. The van der Waals surface area contributed by atoms with E-state index in [1.807, 2.05) is 26.0 Å². The molecule has 0 heterocycles. The van der Waals surface area contributed by atoms with E-state index in [0.29, 0.717) is 0 Å². The third-order valence-electron chi connectivity index (χ3n) is 1.76. The van der Waals surface area contributed by atoms with Crippen LogP contribution >= 0.6 is 12.0 Å². The molecule has 0 unspecified atom stereocenters. The van der Waals surface area contributed by atoms with Gasteiger partial charge in [0.1, 0.15) is 5.75 Å². The van der Waals surface area contributed by atoms with Gasteiger partial charge in [0.25, 0.3) is 0 Å². The largest absolute Gasteiger partial charge is 0.497 e. The van der Waals surface area contributed by atoms with Crippen molar-refractivity contribution in [3.8, 4) is 5.75 Å². The second-order valence-corrected chi connectivity index (χ2v) is 3.27. The molecule has 0 atom stereocenters. The third-order valence-corrected chi connectivity index (χ3v) is 2.59. The van der Waals surface area contributed by atoms with E-state index in [1.54, 1.807) is 7.11 Å². The molecule has 0 bridgehead atoms. The van der Waals surface area contributed by atoms with Crippen molar-refractivity contribution in [1.29, 1.82) is 0 Å². The van der Waals surface area contributed by atoms with Crippen LogP contribution in [-0.4, -0.2) is 11.7 Å². The van der Waals surface area contributed by atoms with Gasteiger partial charge in [-0.25, -0.2) is 0 Å². The van der Waals surface area contributed by atoms with E-state index in [4.69, 9.17) is 9.29 Å². The summed E-state index contributed by atoms with van der Waals surface area (Å²) in [6, 6.07) is 3.82. The molecule has 12 heavy (non-hydrogen) atoms. The molecule has 0 radical (unpaired) electrons. The highest BCUT2D eigenvalue weighted by Crippen LogP contribution is 2.28. The van der Waals surface area contributed by atoms with Crippen molar-refractivity contribution in [2.75, 3.05) is 7.11 Å². The molecule has 3 heteroatoms. The van der Waals surface area contributed by atoms with Crippen molar-refractivity contribution in [3.63, 3.8) is 0 Å². The van der Waals surface area contributed by atoms with Crippen molar-refractivity contribution >= 4 is 12.0 Å². The van der Waals surface area contributed by atoms with Gasteiger partial charge in [-0.1, -0.05) is 0 Å². The van der Waals surface area contributed by atoms with Crippen LogP contribution in [-0.2, 0) is 0 Å². The Morgan fingerprint density at radius 1 is 1.25 bits per heavy atom. The number of hydrogen-bond donors (Lipinski definition) is 1. The van der Waals surface area contributed by atoms with Crippen LogP contribution in [0.2, 0.25) is 0 Å². The summed E-state index contributed by atoms with van der Waals surface area (Å²) in [5.41, 5.74) is 2.08. The number of methoxy groups -OCH3 is 1. The maximum absolute atomic E-state index is 8.94. The Kier molecular flexibility index (Phi) is 3.00. The zero-order valence-corrected chi connectivity index (χ0v) is 8.23. The van der Waals surface area contributed by atoms with Gasteiger partial charge in [-0.3, -0.25) is 0 Å². The maximum atomic E-state index is 8.94. The topological polar surface area (TPSA) is 29.5 Å². The molecule has 0 saturated heterocycles. The Bertz CT molecular complexity index is 261. The molecule has 0 aliphatic carbocycles. The third kappa shape index (κ3) is 1.73. The average molecular weight is 184 g/mol. The summed E-state index contributed by atoms with van der Waals surface area (Å²) >= 11 is 0.786. The van der Waals surface area contributed by atoms with Crippen molar-refractivity contribution in [2.24, 2.45) is 0 Å². The standard InChI is InChI=1S/C9H12O2S/c1-6-4-8(11-3)5-7(2)9(6)12-10/h4-5,10H,1-3H3. The van der Waals surface area contributed by atoms with Gasteiger partial charge in [0.2, 0.25) is 0 Å². The number of aryl methyl sites for hydroxylation is 2. The summed E-state index contributed by atoms with van der Waals surface area (Å²) in [6.07, 6.45) is 0. The minimum Gasteiger partial charge on any atom is -0.497 e. The highest BCUT2D eigenvalue weighted by atomic mass is 32.2. The molecule has 1 aromatic carbocycles. The van der Waals surface area contributed by atoms with Crippen molar-refractivity contribution < 1.29 is 9.29 Å². The molecule has 0 amide bonds. The summed E-state index contributed by atoms with van der Waals surface area (Å²) in [6.45, 7) is 3.90. The summed E-state index contributed by atoms with van der Waals surface area (Å²) in [7, 11) is 1.64. The van der Waals surface area contributed by atoms with Crippen LogP contribution in [0.3, 0.4) is 0 Å². The Morgan fingerprint density at radius 2 is 1.75 bits per heavy atom. The molecule has 1 rings (SSSR count). The lowest BCUT2D eigenvalue weighted by molar-refractivity contribution is 0.413. The summed E-state index contributed by atoms with van der Waals surface area (Å²) in [4.78, 5) is 0.913. The maximum Gasteiger partial charge on any atom is 0.119 e. The lowest BCUT2D eigenvalue weighted by atomic mass is 10.1. The molecule has 0 fully saturated rings. The van der Waals surface area contributed by atoms with Crippen LogP contribution in [0.4, 0.5) is 0 Å².